The van der Waals surface area contributed by atoms with E-state index in [1.807, 2.05) is 0 Å². The van der Waals surface area contributed by atoms with E-state index in [1.165, 1.54) is 0 Å². The summed E-state index contributed by atoms with van der Waals surface area (Å²) < 4.78 is 0. The van der Waals surface area contributed by atoms with E-state index in [0.717, 1.165) is 0 Å². The minimum atomic E-state index is 0. The van der Waals surface area contributed by atoms with Gasteiger partial charge in [-0.15, -0.1) is 0 Å². The van der Waals surface area contributed by atoms with Gasteiger partial charge in [-0.05, 0) is 0 Å². The number of rotatable bonds is 0. The summed E-state index contributed by atoms with van der Waals surface area (Å²) in [6.07, 6.45) is 0. The van der Waals surface area contributed by atoms with E-state index in [1.54, 1.807) is 0 Å². The average molecular weight is 389 g/mol. The fourth-order valence-corrected chi connectivity index (χ4v) is 0. The van der Waals surface area contributed by atoms with Crippen molar-refractivity contribution in [2.75, 3.05) is 0 Å². The topological polar surface area (TPSA) is 0 Å². The molecule has 0 unspecified atom stereocenters. The SMILES string of the molecule is [AlH3].[CaH2].[Nd].[Yb]. The van der Waals surface area contributed by atoms with Gasteiger partial charge in [-0.2, -0.15) is 0 Å². The van der Waals surface area contributed by atoms with E-state index in [0.29, 0.717) is 0 Å². The molecule has 4 heteroatoms. The van der Waals surface area contributed by atoms with Crippen LogP contribution in [0.25, 0.3) is 0 Å². The fraction of sp³-hybridized carbons (Fsp3) is 0. The van der Waals surface area contributed by atoms with Gasteiger partial charge in [0.05, 0.1) is 0 Å². The van der Waals surface area contributed by atoms with E-state index in [-0.39, 0.29) is 143 Å². The Morgan fingerprint density at radius 1 is 1.00 bits per heavy atom. The van der Waals surface area contributed by atoms with Crippen LogP contribution in [-0.4, -0.2) is 55.1 Å². The first-order valence-corrected chi connectivity index (χ1v) is 0. The Hall–Kier alpha value is 4.66. The van der Waals surface area contributed by atoms with Crippen LogP contribution in [0.15, 0.2) is 0 Å². The molecule has 0 spiro atoms. The zero-order valence-corrected chi connectivity index (χ0v) is 5.69. The quantitative estimate of drug-likeness (QED) is 0.417. The van der Waals surface area contributed by atoms with Crippen molar-refractivity contribution in [3.8, 4) is 0 Å². The molecule has 4 heavy (non-hydrogen) atoms. The molecule has 0 aliphatic carbocycles. The molecule has 0 rings (SSSR count). The Bertz CT molecular complexity index is 8.00. The summed E-state index contributed by atoms with van der Waals surface area (Å²) in [7, 11) is 0. The Kier molecular flexibility index (Phi) is 91.5. The predicted molar refractivity (Wildman–Crippen MR) is 18.5 cm³/mol. The number of hydrogen-bond donors (Lipinski definition) is 0. The van der Waals surface area contributed by atoms with Gasteiger partial charge in [0.2, 0.25) is 0 Å². The maximum atomic E-state index is 0. The Balaban J connectivity index is 0. The minimum Gasteiger partial charge on any atom is 0 e. The molecule has 0 aliphatic heterocycles. The van der Waals surface area contributed by atoms with Gasteiger partial charge in [0.1, 0.15) is 0 Å². The van der Waals surface area contributed by atoms with Gasteiger partial charge in [0, 0.05) is 87.8 Å². The van der Waals surface area contributed by atoms with E-state index >= 15 is 0 Å². The second kappa shape index (κ2) is 15.6. The maximum absolute atomic E-state index is 0. The van der Waals surface area contributed by atoms with Crippen molar-refractivity contribution >= 4 is 55.1 Å². The smallest absolute Gasteiger partial charge is 0 e. The van der Waals surface area contributed by atoms with Crippen molar-refractivity contribution in [3.63, 3.8) is 0 Å². The number of hydrogen-bond acceptors (Lipinski definition) is 0. The zero-order valence-electron chi connectivity index (χ0n) is 0.767. The molecule has 0 radical (unpaired) electrons. The molecule has 28 valence electrons. The Morgan fingerprint density at radius 2 is 1.00 bits per heavy atom. The van der Waals surface area contributed by atoms with Crippen LogP contribution in [0.1, 0.15) is 0 Å². The van der Waals surface area contributed by atoms with Crippen LogP contribution < -0.4 is 0 Å². The van der Waals surface area contributed by atoms with Gasteiger partial charge in [0.25, 0.3) is 0 Å². The van der Waals surface area contributed by atoms with Crippen molar-refractivity contribution < 1.29 is 87.8 Å². The van der Waals surface area contributed by atoms with E-state index in [2.05, 4.69) is 0 Å². The van der Waals surface area contributed by atoms with E-state index in [4.69, 9.17) is 0 Å². The molecule has 0 N–H and O–H groups in total. The molecule has 0 bridgehead atoms. The van der Waals surface area contributed by atoms with Crippen LogP contribution in [0.3, 0.4) is 0 Å². The van der Waals surface area contributed by atoms with Crippen molar-refractivity contribution in [1.82, 2.24) is 0 Å². The van der Waals surface area contributed by atoms with Crippen LogP contribution in [0.4, 0.5) is 0 Å². The molecule has 0 saturated heterocycles. The second-order valence-corrected chi connectivity index (χ2v) is 0. The van der Waals surface area contributed by atoms with Crippen LogP contribution in [0.5, 0.6) is 0 Å². The Morgan fingerprint density at radius 3 is 1.00 bits per heavy atom. The summed E-state index contributed by atoms with van der Waals surface area (Å²) in [5.41, 5.74) is 0. The van der Waals surface area contributed by atoms with Crippen molar-refractivity contribution in [2.45, 2.75) is 0 Å². The molecule has 0 saturated carbocycles. The summed E-state index contributed by atoms with van der Waals surface area (Å²) in [6.45, 7) is 0. The largest absolute Gasteiger partial charge is 0 e. The predicted octanol–water partition coefficient (Wildman–Crippen LogP) is -2.10. The average Bonchev–Trinajstić information content (AvgIpc) is 0. The van der Waals surface area contributed by atoms with Crippen molar-refractivity contribution in [2.24, 2.45) is 0 Å². The monoisotopic (exact) mass is 388 g/mol. The molecular formula is H5AlCaNdYb. The normalized spacial score (nSPS) is 0. The van der Waals surface area contributed by atoms with Gasteiger partial charge in [-0.25, -0.2) is 0 Å². The first-order chi connectivity index (χ1) is 0. The van der Waals surface area contributed by atoms with Gasteiger partial charge in [0.15, 0.2) is 17.4 Å². The summed E-state index contributed by atoms with van der Waals surface area (Å²) in [5.74, 6) is 0. The molecule has 0 atom stereocenters. The summed E-state index contributed by atoms with van der Waals surface area (Å²) in [5, 5.41) is 0. The standard InChI is InChI=1S/Al.Ca.Nd.Yb.5H. The minimum absolute atomic E-state index is 0. The van der Waals surface area contributed by atoms with Gasteiger partial charge < -0.3 is 0 Å². The fourth-order valence-electron chi connectivity index (χ4n) is 0. The summed E-state index contributed by atoms with van der Waals surface area (Å²) in [4.78, 5) is 0. The van der Waals surface area contributed by atoms with Crippen molar-refractivity contribution in [1.29, 1.82) is 0 Å². The van der Waals surface area contributed by atoms with Gasteiger partial charge >= 0.3 is 37.7 Å². The molecule has 0 amide bonds. The first-order valence-electron chi connectivity index (χ1n) is 0. The summed E-state index contributed by atoms with van der Waals surface area (Å²) in [6, 6.07) is 0. The van der Waals surface area contributed by atoms with Crippen LogP contribution in [0, 0.1) is 87.8 Å². The first kappa shape index (κ1) is 23.4. The van der Waals surface area contributed by atoms with Crippen molar-refractivity contribution in [3.05, 3.63) is 0 Å². The maximum Gasteiger partial charge on any atom is 0 e. The van der Waals surface area contributed by atoms with Crippen LogP contribution in [-0.2, 0) is 0 Å². The molecule has 0 heterocycles. The molecule has 0 aromatic carbocycles. The van der Waals surface area contributed by atoms with Crippen LogP contribution in [0.2, 0.25) is 0 Å². The third kappa shape index (κ3) is 9.83. The van der Waals surface area contributed by atoms with Crippen LogP contribution >= 0.6 is 0 Å². The molecule has 0 aromatic rings. The molecule has 0 fully saturated rings. The van der Waals surface area contributed by atoms with Gasteiger partial charge in [-0.1, -0.05) is 0 Å². The second-order valence-electron chi connectivity index (χ2n) is 0. The molecule has 0 nitrogen and oxygen atoms in total. The zero-order chi connectivity index (χ0) is 0. The van der Waals surface area contributed by atoms with Gasteiger partial charge in [-0.3, -0.25) is 0 Å². The third-order valence-electron chi connectivity index (χ3n) is 0. The molecule has 0 aliphatic rings. The molecular weight excluding hydrogens is 384 g/mol. The summed E-state index contributed by atoms with van der Waals surface area (Å²) >= 11 is 0. The van der Waals surface area contributed by atoms with E-state index in [9.17, 15) is 0 Å². The third-order valence-corrected chi connectivity index (χ3v) is 0. The molecule has 0 aromatic heterocycles. The Labute approximate surface area is 138 Å². The van der Waals surface area contributed by atoms with E-state index < -0.39 is 0 Å².